The van der Waals surface area contributed by atoms with Crippen molar-refractivity contribution in [2.45, 2.75) is 11.3 Å². The Kier molecular flexibility index (Phi) is 5.69. The number of rotatable bonds is 6. The van der Waals surface area contributed by atoms with Gasteiger partial charge in [0.1, 0.15) is 19.0 Å². The topological polar surface area (TPSA) is 94.6 Å². The van der Waals surface area contributed by atoms with Crippen LogP contribution in [0.2, 0.25) is 0 Å². The minimum Gasteiger partial charge on any atom is -0.486 e. The summed E-state index contributed by atoms with van der Waals surface area (Å²) >= 11 is 1.18. The summed E-state index contributed by atoms with van der Waals surface area (Å²) in [4.78, 5) is 16.5. The predicted octanol–water partition coefficient (Wildman–Crippen LogP) is 3.52. The first-order chi connectivity index (χ1) is 14.4. The van der Waals surface area contributed by atoms with Gasteiger partial charge in [-0.25, -0.2) is 17.8 Å². The summed E-state index contributed by atoms with van der Waals surface area (Å²) in [5.41, 5.74) is 1.12. The van der Waals surface area contributed by atoms with E-state index in [0.717, 1.165) is 0 Å². The van der Waals surface area contributed by atoms with Crippen LogP contribution in [0.5, 0.6) is 11.5 Å². The maximum atomic E-state index is 13.3. The molecule has 30 heavy (non-hydrogen) atoms. The number of nitrogens with one attached hydrogen (secondary N) is 1. The number of hydrogen-bond acceptors (Lipinski definition) is 7. The third-order valence-electron chi connectivity index (χ3n) is 4.34. The van der Waals surface area contributed by atoms with Crippen LogP contribution in [0.15, 0.2) is 52.7 Å². The lowest BCUT2D eigenvalue weighted by atomic mass is 10.2. The minimum atomic E-state index is -3.68. The number of carbonyl (C=O) groups is 1. The number of carbonyl (C=O) groups excluding carboxylic acids is 1. The van der Waals surface area contributed by atoms with Gasteiger partial charge in [-0.1, -0.05) is 12.1 Å². The van der Waals surface area contributed by atoms with Gasteiger partial charge in [-0.05, 0) is 24.3 Å². The predicted molar refractivity (Wildman–Crippen MR) is 110 cm³/mol. The van der Waals surface area contributed by atoms with Crippen molar-refractivity contribution in [2.75, 3.05) is 24.3 Å². The van der Waals surface area contributed by atoms with Crippen molar-refractivity contribution in [2.24, 2.45) is 0 Å². The van der Waals surface area contributed by atoms with Gasteiger partial charge in [-0.3, -0.25) is 4.79 Å². The van der Waals surface area contributed by atoms with E-state index >= 15 is 0 Å². The molecule has 0 bridgehead atoms. The van der Waals surface area contributed by atoms with Crippen LogP contribution in [0.4, 0.5) is 9.52 Å². The van der Waals surface area contributed by atoms with Crippen molar-refractivity contribution in [3.8, 4) is 22.8 Å². The monoisotopic (exact) mass is 448 g/mol. The SMILES string of the molecule is O=C(CCS(=O)(=O)c1ccc2c(c1)OCCO2)Nc1nc(-c2cccc(F)c2)cs1. The van der Waals surface area contributed by atoms with Crippen molar-refractivity contribution < 1.29 is 27.1 Å². The molecule has 1 aliphatic heterocycles. The number of hydrogen-bond donors (Lipinski definition) is 1. The first-order valence-electron chi connectivity index (χ1n) is 9.04. The van der Waals surface area contributed by atoms with Crippen LogP contribution >= 0.6 is 11.3 Å². The number of ether oxygens (including phenoxy) is 2. The Morgan fingerprint density at radius 2 is 1.93 bits per heavy atom. The lowest BCUT2D eigenvalue weighted by Gasteiger charge is -2.18. The van der Waals surface area contributed by atoms with E-state index < -0.39 is 15.7 Å². The van der Waals surface area contributed by atoms with E-state index in [1.807, 2.05) is 0 Å². The molecule has 156 valence electrons. The number of nitrogens with zero attached hydrogens (tertiary/aromatic N) is 1. The molecule has 1 N–H and O–H groups in total. The highest BCUT2D eigenvalue weighted by Crippen LogP contribution is 2.32. The quantitative estimate of drug-likeness (QED) is 0.620. The van der Waals surface area contributed by atoms with Gasteiger partial charge in [-0.2, -0.15) is 0 Å². The summed E-state index contributed by atoms with van der Waals surface area (Å²) in [5.74, 6) is -0.345. The van der Waals surface area contributed by atoms with Crippen LogP contribution in [0.1, 0.15) is 6.42 Å². The van der Waals surface area contributed by atoms with Crippen molar-refractivity contribution in [3.05, 3.63) is 53.7 Å². The second-order valence-electron chi connectivity index (χ2n) is 6.47. The van der Waals surface area contributed by atoms with Gasteiger partial charge in [-0.15, -0.1) is 11.3 Å². The smallest absolute Gasteiger partial charge is 0.227 e. The van der Waals surface area contributed by atoms with Crippen LogP contribution < -0.4 is 14.8 Å². The summed E-state index contributed by atoms with van der Waals surface area (Å²) in [7, 11) is -3.68. The fraction of sp³-hybridized carbons (Fsp3) is 0.200. The van der Waals surface area contributed by atoms with Gasteiger partial charge in [0.2, 0.25) is 5.91 Å². The Hall–Kier alpha value is -2.98. The van der Waals surface area contributed by atoms with Crippen LogP contribution in [0, 0.1) is 5.82 Å². The Morgan fingerprint density at radius 3 is 2.73 bits per heavy atom. The van der Waals surface area contributed by atoms with E-state index in [2.05, 4.69) is 10.3 Å². The number of fused-ring (bicyclic) bond motifs is 1. The summed E-state index contributed by atoms with van der Waals surface area (Å²) in [6, 6.07) is 10.4. The van der Waals surface area contributed by atoms with Crippen LogP contribution in [-0.2, 0) is 14.6 Å². The summed E-state index contributed by atoms with van der Waals surface area (Å²) < 4.78 is 49.3. The molecule has 1 aliphatic rings. The van der Waals surface area contributed by atoms with E-state index in [4.69, 9.17) is 9.47 Å². The number of aromatic nitrogens is 1. The maximum absolute atomic E-state index is 13.3. The molecule has 0 radical (unpaired) electrons. The zero-order chi connectivity index (χ0) is 21.1. The summed E-state index contributed by atoms with van der Waals surface area (Å²) in [6.45, 7) is 0.765. The fourth-order valence-electron chi connectivity index (χ4n) is 2.86. The van der Waals surface area contributed by atoms with Crippen LogP contribution in [0.25, 0.3) is 11.3 Å². The number of anilines is 1. The zero-order valence-corrected chi connectivity index (χ0v) is 17.3. The number of thiazole rings is 1. The third-order valence-corrected chi connectivity index (χ3v) is 6.81. The van der Waals surface area contributed by atoms with Gasteiger partial charge in [0.25, 0.3) is 0 Å². The number of halogens is 1. The highest BCUT2D eigenvalue weighted by Gasteiger charge is 2.21. The Bertz CT molecular complexity index is 1190. The highest BCUT2D eigenvalue weighted by molar-refractivity contribution is 7.91. The van der Waals surface area contributed by atoms with E-state index in [1.54, 1.807) is 23.6 Å². The third kappa shape index (κ3) is 4.60. The second kappa shape index (κ2) is 8.41. The Labute approximate surface area is 176 Å². The molecular formula is C20H17FN2O5S2. The molecule has 0 saturated carbocycles. The van der Waals surface area contributed by atoms with Gasteiger partial charge in [0.05, 0.1) is 16.3 Å². The normalized spacial score (nSPS) is 13.1. The van der Waals surface area contributed by atoms with E-state index in [0.29, 0.717) is 41.1 Å². The molecule has 1 amide bonds. The lowest BCUT2D eigenvalue weighted by molar-refractivity contribution is -0.115. The molecule has 10 heteroatoms. The van der Waals surface area contributed by atoms with Crippen molar-refractivity contribution in [3.63, 3.8) is 0 Å². The molecular weight excluding hydrogens is 431 g/mol. The number of benzene rings is 2. The molecule has 2 heterocycles. The number of sulfone groups is 1. The maximum Gasteiger partial charge on any atom is 0.227 e. The summed E-state index contributed by atoms with van der Waals surface area (Å²) in [6.07, 6.45) is -0.231. The largest absolute Gasteiger partial charge is 0.486 e. The molecule has 0 unspecified atom stereocenters. The Balaban J connectivity index is 1.38. The standard InChI is InChI=1S/C20H17FN2O5S2/c21-14-3-1-2-13(10-14)16-12-29-20(22-16)23-19(24)6-9-30(25,26)15-4-5-17-18(11-15)28-8-7-27-17/h1-5,10-12H,6-9H2,(H,22,23,24). The first-order valence-corrected chi connectivity index (χ1v) is 11.6. The Morgan fingerprint density at radius 1 is 1.13 bits per heavy atom. The van der Waals surface area contributed by atoms with E-state index in [1.165, 1.54) is 35.6 Å². The number of amides is 1. The molecule has 2 aromatic carbocycles. The lowest BCUT2D eigenvalue weighted by Crippen LogP contribution is -2.18. The molecule has 0 spiro atoms. The molecule has 0 atom stereocenters. The van der Waals surface area contributed by atoms with Gasteiger partial charge in [0, 0.05) is 23.4 Å². The molecule has 7 nitrogen and oxygen atoms in total. The first kappa shape index (κ1) is 20.3. The average molecular weight is 448 g/mol. The van der Waals surface area contributed by atoms with Crippen LogP contribution in [-0.4, -0.2) is 38.3 Å². The molecule has 0 fully saturated rings. The molecule has 0 saturated heterocycles. The highest BCUT2D eigenvalue weighted by atomic mass is 32.2. The van der Waals surface area contributed by atoms with E-state index in [-0.39, 0.29) is 22.9 Å². The zero-order valence-electron chi connectivity index (χ0n) is 15.6. The molecule has 1 aromatic heterocycles. The molecule has 3 aromatic rings. The summed E-state index contributed by atoms with van der Waals surface area (Å²) in [5, 5.41) is 4.59. The van der Waals surface area contributed by atoms with Gasteiger partial charge >= 0.3 is 0 Å². The van der Waals surface area contributed by atoms with Crippen LogP contribution in [0.3, 0.4) is 0 Å². The fourth-order valence-corrected chi connectivity index (χ4v) is 4.84. The van der Waals surface area contributed by atoms with E-state index in [9.17, 15) is 17.6 Å². The van der Waals surface area contributed by atoms with Crippen molar-refractivity contribution >= 4 is 32.2 Å². The van der Waals surface area contributed by atoms with Gasteiger partial charge in [0.15, 0.2) is 26.5 Å². The van der Waals surface area contributed by atoms with Gasteiger partial charge < -0.3 is 14.8 Å². The second-order valence-corrected chi connectivity index (χ2v) is 9.44. The average Bonchev–Trinajstić information content (AvgIpc) is 3.20. The minimum absolute atomic E-state index is 0.0715. The molecule has 0 aliphatic carbocycles. The molecule has 4 rings (SSSR count). The van der Waals surface area contributed by atoms with Crippen molar-refractivity contribution in [1.29, 1.82) is 0 Å². The van der Waals surface area contributed by atoms with Crippen molar-refractivity contribution in [1.82, 2.24) is 4.98 Å².